The average Bonchev–Trinajstić information content (AvgIpc) is 2.64. The maximum absolute atomic E-state index is 11.2. The smallest absolute Gasteiger partial charge is 0.191 e. The van der Waals surface area contributed by atoms with Crippen LogP contribution in [0.4, 0.5) is 0 Å². The summed E-state index contributed by atoms with van der Waals surface area (Å²) in [4.78, 5) is 4.61. The lowest BCUT2D eigenvalue weighted by molar-refractivity contribution is 0.476. The zero-order chi connectivity index (χ0) is 20.4. The molecule has 2 N–H and O–H groups in total. The van der Waals surface area contributed by atoms with Crippen molar-refractivity contribution in [2.24, 2.45) is 4.99 Å². The number of aliphatic imine (C=N–C) groups is 1. The molecule has 0 radical (unpaired) electrons. The van der Waals surface area contributed by atoms with Gasteiger partial charge in [0.2, 0.25) is 0 Å². The molecule has 2 aromatic rings. The summed E-state index contributed by atoms with van der Waals surface area (Å²) in [5.74, 6) is 2.38. The summed E-state index contributed by atoms with van der Waals surface area (Å²) < 4.78 is 28.5. The van der Waals surface area contributed by atoms with Gasteiger partial charge < -0.3 is 15.4 Å². The summed E-state index contributed by atoms with van der Waals surface area (Å²) in [5.41, 5.74) is 2.09. The Balaban J connectivity index is 0.00000420. The highest BCUT2D eigenvalue weighted by Gasteiger charge is 2.07. The Morgan fingerprint density at radius 1 is 1.10 bits per heavy atom. The van der Waals surface area contributed by atoms with E-state index in [1.165, 1.54) is 6.26 Å². The van der Waals surface area contributed by atoms with Crippen LogP contribution in [0.1, 0.15) is 24.5 Å². The van der Waals surface area contributed by atoms with E-state index in [1.54, 1.807) is 0 Å². The number of benzene rings is 2. The van der Waals surface area contributed by atoms with Crippen molar-refractivity contribution in [1.82, 2.24) is 10.6 Å². The van der Waals surface area contributed by atoms with Gasteiger partial charge >= 0.3 is 0 Å². The van der Waals surface area contributed by atoms with E-state index in [0.29, 0.717) is 25.5 Å². The Labute approximate surface area is 191 Å². The van der Waals surface area contributed by atoms with Gasteiger partial charge in [0.15, 0.2) is 5.96 Å². The van der Waals surface area contributed by atoms with Crippen molar-refractivity contribution >= 4 is 39.8 Å². The third-order valence-electron chi connectivity index (χ3n) is 3.93. The molecule has 0 spiro atoms. The van der Waals surface area contributed by atoms with Crippen LogP contribution in [0.3, 0.4) is 0 Å². The summed E-state index contributed by atoms with van der Waals surface area (Å²) in [6.45, 7) is 5.73. The second kappa shape index (κ2) is 12.7. The van der Waals surface area contributed by atoms with Gasteiger partial charge in [0.1, 0.15) is 21.3 Å². The molecule has 0 aromatic heterocycles. The minimum absolute atomic E-state index is 0. The molecule has 0 amide bonds. The van der Waals surface area contributed by atoms with Crippen LogP contribution < -0.4 is 15.4 Å². The molecule has 0 aliphatic carbocycles. The SMILES string of the molecule is CCNC(=NCc1ccc(C)cc1Oc1ccccc1)NCCCS(C)(=O)=O.I. The highest BCUT2D eigenvalue weighted by Crippen LogP contribution is 2.27. The Kier molecular flexibility index (Phi) is 11.0. The highest BCUT2D eigenvalue weighted by atomic mass is 127. The number of ether oxygens (including phenoxy) is 1. The predicted molar refractivity (Wildman–Crippen MR) is 130 cm³/mol. The molecule has 2 aromatic carbocycles. The maximum atomic E-state index is 11.2. The van der Waals surface area contributed by atoms with Crippen LogP contribution in [0.5, 0.6) is 11.5 Å². The van der Waals surface area contributed by atoms with Gasteiger partial charge in [-0.05, 0) is 44.0 Å². The van der Waals surface area contributed by atoms with Crippen molar-refractivity contribution in [3.05, 3.63) is 59.7 Å². The number of nitrogens with one attached hydrogen (secondary N) is 2. The van der Waals surface area contributed by atoms with Crippen molar-refractivity contribution in [2.75, 3.05) is 25.1 Å². The van der Waals surface area contributed by atoms with Crippen LogP contribution >= 0.6 is 24.0 Å². The summed E-state index contributed by atoms with van der Waals surface area (Å²) in [5, 5.41) is 6.36. The first-order valence-electron chi connectivity index (χ1n) is 9.39. The number of para-hydroxylation sites is 1. The molecule has 29 heavy (non-hydrogen) atoms. The molecule has 0 unspecified atom stereocenters. The van der Waals surface area contributed by atoms with Crippen LogP contribution in [-0.2, 0) is 16.4 Å². The zero-order valence-corrected chi connectivity index (χ0v) is 20.3. The Morgan fingerprint density at radius 3 is 2.48 bits per heavy atom. The topological polar surface area (TPSA) is 79.8 Å². The second-order valence-electron chi connectivity index (χ2n) is 6.63. The van der Waals surface area contributed by atoms with Gasteiger partial charge in [-0.2, -0.15) is 0 Å². The molecular weight excluding hydrogens is 501 g/mol. The van der Waals surface area contributed by atoms with Crippen molar-refractivity contribution in [3.63, 3.8) is 0 Å². The van der Waals surface area contributed by atoms with Gasteiger partial charge in [0.05, 0.1) is 12.3 Å². The predicted octanol–water partition coefficient (Wildman–Crippen LogP) is 3.90. The van der Waals surface area contributed by atoms with Gasteiger partial charge in [0, 0.05) is 24.9 Å². The molecule has 0 atom stereocenters. The number of aryl methyl sites for hydroxylation is 1. The standard InChI is InChI=1S/C21H29N3O3S.HI/c1-4-22-21(23-13-8-14-28(3,25)26)24-16-18-12-11-17(2)15-20(18)27-19-9-6-5-7-10-19;/h5-7,9-12,15H,4,8,13-14,16H2,1-3H3,(H2,22,23,24);1H. The van der Waals surface area contributed by atoms with Crippen molar-refractivity contribution in [2.45, 2.75) is 26.8 Å². The highest BCUT2D eigenvalue weighted by molar-refractivity contribution is 14.0. The molecule has 0 aliphatic heterocycles. The van der Waals surface area contributed by atoms with E-state index in [9.17, 15) is 8.42 Å². The van der Waals surface area contributed by atoms with Crippen molar-refractivity contribution in [1.29, 1.82) is 0 Å². The number of rotatable bonds is 9. The summed E-state index contributed by atoms with van der Waals surface area (Å²) in [7, 11) is -2.95. The number of hydrogen-bond acceptors (Lipinski definition) is 4. The number of sulfone groups is 1. The van der Waals surface area contributed by atoms with Gasteiger partial charge in [-0.3, -0.25) is 0 Å². The first-order valence-corrected chi connectivity index (χ1v) is 11.5. The van der Waals surface area contributed by atoms with Crippen molar-refractivity contribution < 1.29 is 13.2 Å². The fourth-order valence-electron chi connectivity index (χ4n) is 2.55. The van der Waals surface area contributed by atoms with Crippen LogP contribution in [-0.4, -0.2) is 39.5 Å². The van der Waals surface area contributed by atoms with E-state index in [4.69, 9.17) is 4.74 Å². The molecule has 0 saturated carbocycles. The first-order chi connectivity index (χ1) is 13.4. The van der Waals surface area contributed by atoms with E-state index in [2.05, 4.69) is 15.6 Å². The van der Waals surface area contributed by atoms with Gasteiger partial charge in [0.25, 0.3) is 0 Å². The minimum atomic E-state index is -2.95. The fourth-order valence-corrected chi connectivity index (χ4v) is 3.22. The second-order valence-corrected chi connectivity index (χ2v) is 8.89. The van der Waals surface area contributed by atoms with Gasteiger partial charge in [-0.15, -0.1) is 24.0 Å². The molecule has 2 rings (SSSR count). The fraction of sp³-hybridized carbons (Fsp3) is 0.381. The number of halogens is 1. The molecule has 160 valence electrons. The molecule has 0 saturated heterocycles. The van der Waals surface area contributed by atoms with E-state index in [-0.39, 0.29) is 29.7 Å². The third kappa shape index (κ3) is 9.98. The Hall–Kier alpha value is -1.81. The number of hydrogen-bond donors (Lipinski definition) is 2. The van der Waals surface area contributed by atoms with E-state index < -0.39 is 9.84 Å². The molecule has 6 nitrogen and oxygen atoms in total. The first kappa shape index (κ1) is 25.2. The number of nitrogens with zero attached hydrogens (tertiary/aromatic N) is 1. The largest absolute Gasteiger partial charge is 0.457 e. The Morgan fingerprint density at radius 2 is 1.83 bits per heavy atom. The van der Waals surface area contributed by atoms with E-state index in [1.807, 2.05) is 62.4 Å². The van der Waals surface area contributed by atoms with E-state index >= 15 is 0 Å². The molecule has 8 heteroatoms. The molecule has 0 fully saturated rings. The lowest BCUT2D eigenvalue weighted by atomic mass is 10.1. The van der Waals surface area contributed by atoms with Gasteiger partial charge in [-0.25, -0.2) is 13.4 Å². The lowest BCUT2D eigenvalue weighted by Crippen LogP contribution is -2.38. The lowest BCUT2D eigenvalue weighted by Gasteiger charge is -2.13. The average molecular weight is 531 g/mol. The quantitative estimate of drug-likeness (QED) is 0.222. The zero-order valence-electron chi connectivity index (χ0n) is 17.1. The summed E-state index contributed by atoms with van der Waals surface area (Å²) in [6, 6.07) is 15.7. The van der Waals surface area contributed by atoms with Crippen molar-refractivity contribution in [3.8, 4) is 11.5 Å². The maximum Gasteiger partial charge on any atom is 0.191 e. The molecular formula is C21H30IN3O3S. The van der Waals surface area contributed by atoms with Crippen LogP contribution in [0.15, 0.2) is 53.5 Å². The number of guanidine groups is 1. The third-order valence-corrected chi connectivity index (χ3v) is 4.96. The van der Waals surface area contributed by atoms with Crippen LogP contribution in [0, 0.1) is 6.92 Å². The summed E-state index contributed by atoms with van der Waals surface area (Å²) in [6.07, 6.45) is 1.79. The molecule has 0 aliphatic rings. The Bertz CT molecular complexity index is 887. The van der Waals surface area contributed by atoms with Crippen LogP contribution in [0.25, 0.3) is 0 Å². The molecule has 0 bridgehead atoms. The monoisotopic (exact) mass is 531 g/mol. The van der Waals surface area contributed by atoms with Crippen LogP contribution in [0.2, 0.25) is 0 Å². The van der Waals surface area contributed by atoms with Gasteiger partial charge in [-0.1, -0.05) is 30.3 Å². The van der Waals surface area contributed by atoms with E-state index in [0.717, 1.165) is 29.2 Å². The molecule has 0 heterocycles. The minimum Gasteiger partial charge on any atom is -0.457 e. The normalized spacial score (nSPS) is 11.5. The summed E-state index contributed by atoms with van der Waals surface area (Å²) >= 11 is 0.